The zero-order valence-electron chi connectivity index (χ0n) is 15.6. The topological polar surface area (TPSA) is 70.2 Å². The fourth-order valence-corrected chi connectivity index (χ4v) is 3.21. The number of hydrogen-bond acceptors (Lipinski definition) is 3. The van der Waals surface area contributed by atoms with Gasteiger partial charge in [0.25, 0.3) is 5.91 Å². The Bertz CT molecular complexity index is 580. The molecule has 0 bridgehead atoms. The summed E-state index contributed by atoms with van der Waals surface area (Å²) in [6.45, 7) is 8.92. The van der Waals surface area contributed by atoms with Crippen molar-refractivity contribution in [3.05, 3.63) is 29.8 Å². The van der Waals surface area contributed by atoms with Crippen LogP contribution in [-0.4, -0.2) is 31.4 Å². The highest BCUT2D eigenvalue weighted by molar-refractivity contribution is 6.03. The van der Waals surface area contributed by atoms with Crippen LogP contribution in [0.5, 0.6) is 0 Å². The maximum absolute atomic E-state index is 12.4. The van der Waals surface area contributed by atoms with Gasteiger partial charge < -0.3 is 16.0 Å². The minimum Gasteiger partial charge on any atom is -0.352 e. The van der Waals surface area contributed by atoms with Crippen LogP contribution in [-0.2, 0) is 4.79 Å². The van der Waals surface area contributed by atoms with E-state index in [4.69, 9.17) is 0 Å². The number of hydrogen-bond donors (Lipinski definition) is 3. The number of anilines is 1. The van der Waals surface area contributed by atoms with Gasteiger partial charge in [0.1, 0.15) is 0 Å². The van der Waals surface area contributed by atoms with Gasteiger partial charge in [0.2, 0.25) is 5.91 Å². The van der Waals surface area contributed by atoms with Crippen molar-refractivity contribution in [1.82, 2.24) is 10.6 Å². The molecule has 1 aromatic carbocycles. The van der Waals surface area contributed by atoms with Crippen molar-refractivity contribution in [2.75, 3.05) is 25.0 Å². The van der Waals surface area contributed by atoms with Gasteiger partial charge in [-0.15, -0.1) is 0 Å². The van der Waals surface area contributed by atoms with Crippen LogP contribution in [0.3, 0.4) is 0 Å². The Morgan fingerprint density at radius 1 is 1.24 bits per heavy atom. The van der Waals surface area contributed by atoms with Crippen LogP contribution >= 0.6 is 0 Å². The molecule has 1 aliphatic rings. The van der Waals surface area contributed by atoms with E-state index in [1.54, 1.807) is 12.1 Å². The van der Waals surface area contributed by atoms with Crippen LogP contribution < -0.4 is 16.0 Å². The monoisotopic (exact) mass is 345 g/mol. The van der Waals surface area contributed by atoms with E-state index in [1.807, 2.05) is 12.1 Å². The second-order valence-corrected chi connectivity index (χ2v) is 7.49. The second-order valence-electron chi connectivity index (χ2n) is 7.49. The van der Waals surface area contributed by atoms with E-state index in [-0.39, 0.29) is 11.8 Å². The Hall–Kier alpha value is -1.88. The standard InChI is InChI=1S/C20H31N3O2/c1-14(2)12-22-20(25)17-8-4-5-9-18(17)23-19(24)11-15(3)16-7-6-10-21-13-16/h4-5,8-9,14-16,21H,6-7,10-13H2,1-3H3,(H,22,25)(H,23,24). The van der Waals surface area contributed by atoms with Crippen LogP contribution in [0.25, 0.3) is 0 Å². The molecule has 1 aromatic rings. The average Bonchev–Trinajstić information content (AvgIpc) is 2.60. The SMILES string of the molecule is CC(C)CNC(=O)c1ccccc1NC(=O)CC(C)C1CCCNC1. The van der Waals surface area contributed by atoms with Gasteiger partial charge in [-0.3, -0.25) is 9.59 Å². The quantitative estimate of drug-likeness (QED) is 0.711. The molecule has 1 fully saturated rings. The number of carbonyl (C=O) groups is 2. The lowest BCUT2D eigenvalue weighted by molar-refractivity contribution is -0.117. The van der Waals surface area contributed by atoms with Gasteiger partial charge >= 0.3 is 0 Å². The predicted octanol–water partition coefficient (Wildman–Crippen LogP) is 3.04. The Balaban J connectivity index is 1.94. The van der Waals surface area contributed by atoms with E-state index >= 15 is 0 Å². The third-order valence-corrected chi connectivity index (χ3v) is 4.76. The van der Waals surface area contributed by atoms with Crippen molar-refractivity contribution < 1.29 is 9.59 Å². The minimum atomic E-state index is -0.144. The Morgan fingerprint density at radius 3 is 2.68 bits per heavy atom. The zero-order valence-corrected chi connectivity index (χ0v) is 15.6. The summed E-state index contributed by atoms with van der Waals surface area (Å²) in [5, 5.41) is 9.24. The highest BCUT2D eigenvalue weighted by Crippen LogP contribution is 2.23. The number of rotatable bonds is 7. The predicted molar refractivity (Wildman–Crippen MR) is 102 cm³/mol. The summed E-state index contributed by atoms with van der Waals surface area (Å²) in [6, 6.07) is 7.19. The van der Waals surface area contributed by atoms with Crippen molar-refractivity contribution in [3.8, 4) is 0 Å². The highest BCUT2D eigenvalue weighted by atomic mass is 16.2. The molecule has 5 heteroatoms. The summed E-state index contributed by atoms with van der Waals surface area (Å²) < 4.78 is 0. The number of nitrogens with one attached hydrogen (secondary N) is 3. The normalized spacial score (nSPS) is 18.6. The van der Waals surface area contributed by atoms with Crippen molar-refractivity contribution in [2.24, 2.45) is 17.8 Å². The van der Waals surface area contributed by atoms with E-state index < -0.39 is 0 Å². The lowest BCUT2D eigenvalue weighted by Crippen LogP contribution is -2.34. The first-order chi connectivity index (χ1) is 12.0. The summed E-state index contributed by atoms with van der Waals surface area (Å²) in [7, 11) is 0. The van der Waals surface area contributed by atoms with E-state index in [2.05, 4.69) is 36.7 Å². The van der Waals surface area contributed by atoms with Crippen LogP contribution in [0.4, 0.5) is 5.69 Å². The van der Waals surface area contributed by atoms with Gasteiger partial charge in [0, 0.05) is 13.0 Å². The summed E-state index contributed by atoms with van der Waals surface area (Å²) in [5.41, 5.74) is 1.10. The van der Waals surface area contributed by atoms with E-state index in [1.165, 1.54) is 12.8 Å². The maximum atomic E-state index is 12.4. The molecule has 0 radical (unpaired) electrons. The van der Waals surface area contributed by atoms with Crippen molar-refractivity contribution in [1.29, 1.82) is 0 Å². The van der Waals surface area contributed by atoms with Crippen LogP contribution in [0.15, 0.2) is 24.3 Å². The number of piperidine rings is 1. The van der Waals surface area contributed by atoms with Gasteiger partial charge in [0.15, 0.2) is 0 Å². The summed E-state index contributed by atoms with van der Waals surface area (Å²) in [5.74, 6) is 1.09. The van der Waals surface area contributed by atoms with E-state index in [0.717, 1.165) is 13.1 Å². The molecule has 0 saturated carbocycles. The fourth-order valence-electron chi connectivity index (χ4n) is 3.21. The first kappa shape index (κ1) is 19.4. The molecule has 0 spiro atoms. The summed E-state index contributed by atoms with van der Waals surface area (Å²) in [4.78, 5) is 24.8. The number of amides is 2. The Labute approximate surface area is 151 Å². The molecular weight excluding hydrogens is 314 g/mol. The fraction of sp³-hybridized carbons (Fsp3) is 0.600. The third kappa shape index (κ3) is 6.16. The lowest BCUT2D eigenvalue weighted by atomic mass is 9.85. The Morgan fingerprint density at radius 2 is 2.00 bits per heavy atom. The minimum absolute atomic E-state index is 0.0258. The molecule has 2 amide bonds. The largest absolute Gasteiger partial charge is 0.352 e. The molecular formula is C20H31N3O2. The number of para-hydroxylation sites is 1. The molecule has 5 nitrogen and oxygen atoms in total. The second kappa shape index (κ2) is 9.56. The van der Waals surface area contributed by atoms with E-state index in [9.17, 15) is 9.59 Å². The third-order valence-electron chi connectivity index (χ3n) is 4.76. The molecule has 2 atom stereocenters. The molecule has 1 heterocycles. The number of carbonyl (C=O) groups excluding carboxylic acids is 2. The first-order valence-electron chi connectivity index (χ1n) is 9.35. The zero-order chi connectivity index (χ0) is 18.2. The molecule has 1 saturated heterocycles. The van der Waals surface area contributed by atoms with Crippen molar-refractivity contribution >= 4 is 17.5 Å². The highest BCUT2D eigenvalue weighted by Gasteiger charge is 2.22. The maximum Gasteiger partial charge on any atom is 0.253 e. The van der Waals surface area contributed by atoms with Gasteiger partial charge in [-0.25, -0.2) is 0 Å². The van der Waals surface area contributed by atoms with Gasteiger partial charge in [-0.2, -0.15) is 0 Å². The summed E-state index contributed by atoms with van der Waals surface area (Å²) >= 11 is 0. The molecule has 0 aromatic heterocycles. The van der Waals surface area contributed by atoms with Crippen molar-refractivity contribution in [3.63, 3.8) is 0 Å². The summed E-state index contributed by atoms with van der Waals surface area (Å²) in [6.07, 6.45) is 2.83. The van der Waals surface area contributed by atoms with Crippen LogP contribution in [0.2, 0.25) is 0 Å². The lowest BCUT2D eigenvalue weighted by Gasteiger charge is -2.28. The molecule has 2 unspecified atom stereocenters. The van der Waals surface area contributed by atoms with Crippen LogP contribution in [0.1, 0.15) is 50.4 Å². The average molecular weight is 345 g/mol. The molecule has 25 heavy (non-hydrogen) atoms. The number of benzene rings is 1. The van der Waals surface area contributed by atoms with Crippen molar-refractivity contribution in [2.45, 2.75) is 40.0 Å². The smallest absolute Gasteiger partial charge is 0.253 e. The first-order valence-corrected chi connectivity index (χ1v) is 9.35. The molecule has 3 N–H and O–H groups in total. The molecule has 138 valence electrons. The van der Waals surface area contributed by atoms with Gasteiger partial charge in [-0.1, -0.05) is 32.9 Å². The van der Waals surface area contributed by atoms with E-state index in [0.29, 0.717) is 42.0 Å². The molecule has 2 rings (SSSR count). The van der Waals surface area contributed by atoms with Gasteiger partial charge in [0.05, 0.1) is 11.3 Å². The molecule has 0 aliphatic carbocycles. The Kier molecular flexibility index (Phi) is 7.44. The van der Waals surface area contributed by atoms with Gasteiger partial charge in [-0.05, 0) is 55.8 Å². The molecule has 1 aliphatic heterocycles. The van der Waals surface area contributed by atoms with Crippen LogP contribution in [0, 0.1) is 17.8 Å².